The number of aromatic nitrogens is 2. The van der Waals surface area contributed by atoms with Crippen molar-refractivity contribution in [3.05, 3.63) is 41.6 Å². The van der Waals surface area contributed by atoms with Crippen LogP contribution < -0.4 is 10.8 Å². The topological polar surface area (TPSA) is 71.3 Å². The van der Waals surface area contributed by atoms with Gasteiger partial charge in [-0.3, -0.25) is 0 Å². The fourth-order valence-corrected chi connectivity index (χ4v) is 4.54. The molecule has 29 heavy (non-hydrogen) atoms. The fraction of sp³-hybridized carbons (Fsp3) is 0.591. The lowest BCUT2D eigenvalue weighted by atomic mass is 9.72. The minimum Gasteiger partial charge on any atom is -0.425 e. The van der Waals surface area contributed by atoms with Crippen molar-refractivity contribution < 1.29 is 9.21 Å². The highest BCUT2D eigenvalue weighted by molar-refractivity contribution is 6.32. The number of benzene rings is 1. The summed E-state index contributed by atoms with van der Waals surface area (Å²) >= 11 is 0. The molecule has 1 spiro atoms. The van der Waals surface area contributed by atoms with Gasteiger partial charge in [-0.25, -0.2) is 0 Å². The Labute approximate surface area is 173 Å². The SMILES string of the molecule is CC1(C)CC1C=O.[B]c1ccc(Cc2nnc(C3CNCC34CN(C)C4)o2)cc1. The van der Waals surface area contributed by atoms with Gasteiger partial charge in [0.1, 0.15) is 14.1 Å². The number of aldehydes is 1. The van der Waals surface area contributed by atoms with Crippen LogP contribution in [0, 0.1) is 16.7 Å². The normalized spacial score (nSPS) is 26.4. The van der Waals surface area contributed by atoms with Gasteiger partial charge in [0.25, 0.3) is 0 Å². The summed E-state index contributed by atoms with van der Waals surface area (Å²) in [5.41, 5.74) is 2.52. The lowest BCUT2D eigenvalue weighted by Crippen LogP contribution is -2.57. The van der Waals surface area contributed by atoms with Crippen molar-refractivity contribution in [2.75, 3.05) is 33.2 Å². The van der Waals surface area contributed by atoms with Gasteiger partial charge in [-0.1, -0.05) is 43.6 Å². The molecule has 2 atom stereocenters. The minimum absolute atomic E-state index is 0.278. The summed E-state index contributed by atoms with van der Waals surface area (Å²) < 4.78 is 5.96. The summed E-state index contributed by atoms with van der Waals surface area (Å²) in [5, 5.41) is 12.0. The Morgan fingerprint density at radius 2 is 1.97 bits per heavy atom. The van der Waals surface area contributed by atoms with Crippen LogP contribution in [-0.2, 0) is 11.2 Å². The van der Waals surface area contributed by atoms with Crippen molar-refractivity contribution in [3.63, 3.8) is 0 Å². The Bertz CT molecular complexity index is 858. The maximum absolute atomic E-state index is 9.98. The summed E-state index contributed by atoms with van der Waals surface area (Å²) in [5.74, 6) is 2.15. The highest BCUT2D eigenvalue weighted by Crippen LogP contribution is 2.49. The number of nitrogens with one attached hydrogen (secondary N) is 1. The fourth-order valence-electron chi connectivity index (χ4n) is 4.54. The molecule has 6 nitrogen and oxygen atoms in total. The molecular formula is C22H29BN4O2. The quantitative estimate of drug-likeness (QED) is 0.625. The minimum atomic E-state index is 0.278. The van der Waals surface area contributed by atoms with Crippen LogP contribution in [-0.4, -0.2) is 62.5 Å². The standard InChI is InChI=1S/C16H19BN4O.C6H10O/c1-21-9-16(10-21)8-18-7-13(16)15-20-19-14(22-15)6-11-2-4-12(17)5-3-11;1-6(2)3-5(6)4-7/h2-5,13,18H,6-10H2,1H3;4-5H,3H2,1-2H3. The first kappa shape index (κ1) is 20.3. The smallest absolute Gasteiger partial charge is 0.221 e. The molecular weight excluding hydrogens is 363 g/mol. The van der Waals surface area contributed by atoms with Gasteiger partial charge in [-0.05, 0) is 24.4 Å². The molecule has 1 aromatic carbocycles. The van der Waals surface area contributed by atoms with E-state index in [2.05, 4.69) is 41.3 Å². The van der Waals surface area contributed by atoms with Gasteiger partial charge in [0.15, 0.2) is 0 Å². The van der Waals surface area contributed by atoms with Crippen LogP contribution in [0.5, 0.6) is 0 Å². The molecule has 1 aliphatic carbocycles. The molecule has 2 radical (unpaired) electrons. The highest BCUT2D eigenvalue weighted by Gasteiger charge is 2.52. The van der Waals surface area contributed by atoms with Gasteiger partial charge in [0.2, 0.25) is 11.8 Å². The number of rotatable bonds is 4. The Morgan fingerprint density at radius 3 is 2.52 bits per heavy atom. The average Bonchev–Trinajstić information content (AvgIpc) is 3.03. The number of likely N-dealkylation sites (tertiary alicyclic amines) is 1. The summed E-state index contributed by atoms with van der Waals surface area (Å²) in [6.07, 6.45) is 2.80. The molecule has 0 bridgehead atoms. The third kappa shape index (κ3) is 4.31. The van der Waals surface area contributed by atoms with Crippen molar-refractivity contribution in [2.45, 2.75) is 32.6 Å². The number of carbonyl (C=O) groups is 1. The summed E-state index contributed by atoms with van der Waals surface area (Å²) in [4.78, 5) is 12.3. The van der Waals surface area contributed by atoms with E-state index in [0.29, 0.717) is 29.6 Å². The van der Waals surface area contributed by atoms with Crippen LogP contribution >= 0.6 is 0 Å². The molecule has 1 N–H and O–H groups in total. The predicted molar refractivity (Wildman–Crippen MR) is 112 cm³/mol. The molecule has 5 rings (SSSR count). The third-order valence-corrected chi connectivity index (χ3v) is 6.60. The van der Waals surface area contributed by atoms with Crippen molar-refractivity contribution in [1.82, 2.24) is 20.4 Å². The molecule has 0 amide bonds. The molecule has 2 aromatic rings. The predicted octanol–water partition coefficient (Wildman–Crippen LogP) is 1.30. The highest BCUT2D eigenvalue weighted by atomic mass is 16.4. The Morgan fingerprint density at radius 1 is 1.28 bits per heavy atom. The summed E-state index contributed by atoms with van der Waals surface area (Å²) in [6.45, 7) is 8.40. The van der Waals surface area contributed by atoms with Crippen LogP contribution in [0.25, 0.3) is 0 Å². The number of nitrogens with zero attached hydrogens (tertiary/aromatic N) is 3. The first-order valence-electron chi connectivity index (χ1n) is 10.3. The lowest BCUT2D eigenvalue weighted by molar-refractivity contribution is -0.109. The average molecular weight is 392 g/mol. The Balaban J connectivity index is 0.000000249. The van der Waals surface area contributed by atoms with Gasteiger partial charge in [-0.15, -0.1) is 10.2 Å². The van der Waals surface area contributed by atoms with E-state index < -0.39 is 0 Å². The largest absolute Gasteiger partial charge is 0.425 e. The third-order valence-electron chi connectivity index (χ3n) is 6.60. The maximum Gasteiger partial charge on any atom is 0.221 e. The molecule has 2 saturated heterocycles. The zero-order valence-corrected chi connectivity index (χ0v) is 17.5. The van der Waals surface area contributed by atoms with Gasteiger partial charge in [0, 0.05) is 37.5 Å². The number of carbonyl (C=O) groups excluding carboxylic acids is 1. The summed E-state index contributed by atoms with van der Waals surface area (Å²) in [6, 6.07) is 7.79. The van der Waals surface area contributed by atoms with Gasteiger partial charge >= 0.3 is 0 Å². The second-order valence-electron chi connectivity index (χ2n) is 9.61. The molecule has 2 unspecified atom stereocenters. The van der Waals surface area contributed by atoms with Crippen molar-refractivity contribution in [2.24, 2.45) is 16.7 Å². The van der Waals surface area contributed by atoms with Gasteiger partial charge in [-0.2, -0.15) is 0 Å². The van der Waals surface area contributed by atoms with E-state index in [1.807, 2.05) is 24.3 Å². The van der Waals surface area contributed by atoms with E-state index in [-0.39, 0.29) is 5.41 Å². The van der Waals surface area contributed by atoms with Crippen molar-refractivity contribution in [1.29, 1.82) is 0 Å². The number of hydrogen-bond donors (Lipinski definition) is 1. The van der Waals surface area contributed by atoms with Crippen LogP contribution in [0.3, 0.4) is 0 Å². The van der Waals surface area contributed by atoms with Crippen LogP contribution in [0.15, 0.2) is 28.7 Å². The van der Waals surface area contributed by atoms with Crippen LogP contribution in [0.2, 0.25) is 0 Å². The molecule has 152 valence electrons. The Kier molecular flexibility index (Phi) is 5.38. The van der Waals surface area contributed by atoms with Crippen LogP contribution in [0.1, 0.15) is 43.5 Å². The monoisotopic (exact) mass is 392 g/mol. The van der Waals surface area contributed by atoms with Crippen molar-refractivity contribution >= 4 is 19.6 Å². The second kappa shape index (κ2) is 7.69. The zero-order chi connectivity index (χ0) is 20.6. The maximum atomic E-state index is 9.98. The molecule has 7 heteroatoms. The van der Waals surface area contributed by atoms with Gasteiger partial charge < -0.3 is 19.4 Å². The molecule has 1 aromatic heterocycles. The second-order valence-corrected chi connectivity index (χ2v) is 9.61. The van der Waals surface area contributed by atoms with E-state index in [0.717, 1.165) is 55.8 Å². The van der Waals surface area contributed by atoms with E-state index >= 15 is 0 Å². The number of hydrogen-bond acceptors (Lipinski definition) is 6. The molecule has 3 heterocycles. The first-order valence-corrected chi connectivity index (χ1v) is 10.3. The van der Waals surface area contributed by atoms with E-state index in [1.54, 1.807) is 0 Å². The molecule has 2 aliphatic heterocycles. The lowest BCUT2D eigenvalue weighted by Gasteiger charge is -2.48. The first-order chi connectivity index (χ1) is 13.8. The van der Waals surface area contributed by atoms with Crippen LogP contribution in [0.4, 0.5) is 0 Å². The molecule has 3 fully saturated rings. The van der Waals surface area contributed by atoms with Gasteiger partial charge in [0.05, 0.1) is 12.3 Å². The van der Waals surface area contributed by atoms with E-state index in [9.17, 15) is 4.79 Å². The van der Waals surface area contributed by atoms with Crippen molar-refractivity contribution in [3.8, 4) is 0 Å². The van der Waals surface area contributed by atoms with E-state index in [1.165, 1.54) is 0 Å². The zero-order valence-electron chi connectivity index (χ0n) is 17.5. The summed E-state index contributed by atoms with van der Waals surface area (Å²) in [7, 11) is 7.86. The molecule has 3 aliphatic rings. The molecule has 1 saturated carbocycles. The Hall–Kier alpha value is -1.99. The van der Waals surface area contributed by atoms with E-state index in [4.69, 9.17) is 12.3 Å².